The first-order valence-corrected chi connectivity index (χ1v) is 10.3. The Labute approximate surface area is 146 Å². The Kier molecular flexibility index (Phi) is 9.00. The van der Waals surface area contributed by atoms with E-state index in [4.69, 9.17) is 0 Å². The van der Waals surface area contributed by atoms with E-state index in [-0.39, 0.29) is 5.91 Å². The van der Waals surface area contributed by atoms with Crippen molar-refractivity contribution in [3.8, 4) is 0 Å². The van der Waals surface area contributed by atoms with Crippen LogP contribution in [0, 0.1) is 0 Å². The molecule has 1 aromatic rings. The molecule has 0 saturated carbocycles. The fraction of sp³-hybridized carbons (Fsp3) is 0.611. The monoisotopic (exact) mass is 354 g/mol. The molecule has 5 nitrogen and oxygen atoms in total. The number of rotatable bonds is 11. The van der Waals surface area contributed by atoms with Crippen LogP contribution >= 0.6 is 0 Å². The van der Waals surface area contributed by atoms with E-state index < -0.39 is 10.0 Å². The molecule has 0 heterocycles. The van der Waals surface area contributed by atoms with E-state index in [0.717, 1.165) is 31.4 Å². The van der Waals surface area contributed by atoms with Crippen molar-refractivity contribution in [1.82, 2.24) is 9.62 Å². The van der Waals surface area contributed by atoms with Crippen LogP contribution in [-0.4, -0.2) is 38.3 Å². The lowest BCUT2D eigenvalue weighted by atomic mass is 10.1. The molecule has 6 heteroatoms. The van der Waals surface area contributed by atoms with Gasteiger partial charge in [0.05, 0.1) is 4.90 Å². The van der Waals surface area contributed by atoms with Gasteiger partial charge in [-0.3, -0.25) is 4.79 Å². The second kappa shape index (κ2) is 10.5. The molecule has 0 spiro atoms. The summed E-state index contributed by atoms with van der Waals surface area (Å²) in [6, 6.07) is 6.84. The number of aryl methyl sites for hydroxylation is 1. The minimum Gasteiger partial charge on any atom is -0.356 e. The molecule has 0 radical (unpaired) electrons. The standard InChI is InChI=1S/C18H30N2O3S/c1-4-7-8-15-19-18(21)14-11-16-9-12-17(13-10-16)24(22,23)20(5-2)6-3/h9-10,12-13H,4-8,11,14-15H2,1-3H3,(H,19,21). The SMILES string of the molecule is CCCCCNC(=O)CCc1ccc(S(=O)(=O)N(CC)CC)cc1. The third-order valence-corrected chi connectivity index (χ3v) is 6.07. The van der Waals surface area contributed by atoms with Crippen molar-refractivity contribution in [2.24, 2.45) is 0 Å². The molecule has 0 aromatic heterocycles. The van der Waals surface area contributed by atoms with Gasteiger partial charge in [0, 0.05) is 26.1 Å². The molecule has 1 amide bonds. The predicted octanol–water partition coefficient (Wildman–Crippen LogP) is 2.96. The van der Waals surface area contributed by atoms with Gasteiger partial charge in [-0.1, -0.05) is 45.7 Å². The Morgan fingerprint density at radius 3 is 2.21 bits per heavy atom. The molecule has 0 aliphatic heterocycles. The number of amides is 1. The van der Waals surface area contributed by atoms with E-state index in [9.17, 15) is 13.2 Å². The maximum atomic E-state index is 12.4. The highest BCUT2D eigenvalue weighted by Crippen LogP contribution is 2.16. The Bertz CT molecular complexity index is 593. The Morgan fingerprint density at radius 2 is 1.67 bits per heavy atom. The van der Waals surface area contributed by atoms with Gasteiger partial charge in [-0.2, -0.15) is 4.31 Å². The molecular formula is C18H30N2O3S. The van der Waals surface area contributed by atoms with Gasteiger partial charge in [-0.25, -0.2) is 8.42 Å². The minimum absolute atomic E-state index is 0.0472. The third kappa shape index (κ3) is 6.24. The van der Waals surface area contributed by atoms with Crippen LogP contribution in [-0.2, 0) is 21.2 Å². The Balaban J connectivity index is 2.55. The van der Waals surface area contributed by atoms with Gasteiger partial charge in [0.15, 0.2) is 0 Å². The fourth-order valence-electron chi connectivity index (χ4n) is 2.49. The summed E-state index contributed by atoms with van der Waals surface area (Å²) in [5.41, 5.74) is 0.970. The second-order valence-electron chi connectivity index (χ2n) is 5.79. The van der Waals surface area contributed by atoms with E-state index in [1.54, 1.807) is 24.3 Å². The lowest BCUT2D eigenvalue weighted by Gasteiger charge is -2.18. The third-order valence-electron chi connectivity index (χ3n) is 4.01. The van der Waals surface area contributed by atoms with Gasteiger partial charge in [-0.05, 0) is 30.5 Å². The zero-order chi connectivity index (χ0) is 18.0. The van der Waals surface area contributed by atoms with Crippen LogP contribution in [0.5, 0.6) is 0 Å². The van der Waals surface area contributed by atoms with Gasteiger partial charge in [0.25, 0.3) is 0 Å². The number of nitrogens with one attached hydrogen (secondary N) is 1. The van der Waals surface area contributed by atoms with E-state index in [1.165, 1.54) is 4.31 Å². The summed E-state index contributed by atoms with van der Waals surface area (Å²) in [6.45, 7) is 7.43. The lowest BCUT2D eigenvalue weighted by molar-refractivity contribution is -0.121. The molecule has 0 saturated heterocycles. The van der Waals surface area contributed by atoms with Crippen molar-refractivity contribution in [1.29, 1.82) is 0 Å². The van der Waals surface area contributed by atoms with Crippen molar-refractivity contribution < 1.29 is 13.2 Å². The highest BCUT2D eigenvalue weighted by Gasteiger charge is 2.21. The normalized spacial score (nSPS) is 11.7. The molecule has 1 N–H and O–H groups in total. The number of nitrogens with zero attached hydrogens (tertiary/aromatic N) is 1. The van der Waals surface area contributed by atoms with Crippen molar-refractivity contribution in [3.05, 3.63) is 29.8 Å². The second-order valence-corrected chi connectivity index (χ2v) is 7.73. The number of hydrogen-bond acceptors (Lipinski definition) is 3. The molecule has 0 unspecified atom stereocenters. The zero-order valence-electron chi connectivity index (χ0n) is 15.0. The first kappa shape index (κ1) is 20.6. The van der Waals surface area contributed by atoms with Crippen LogP contribution in [0.25, 0.3) is 0 Å². The molecule has 136 valence electrons. The van der Waals surface area contributed by atoms with Crippen molar-refractivity contribution >= 4 is 15.9 Å². The minimum atomic E-state index is -3.41. The lowest BCUT2D eigenvalue weighted by Crippen LogP contribution is -2.30. The van der Waals surface area contributed by atoms with Gasteiger partial charge < -0.3 is 5.32 Å². The summed E-state index contributed by atoms with van der Waals surface area (Å²) in [7, 11) is -3.41. The molecule has 1 rings (SSSR count). The quantitative estimate of drug-likeness (QED) is 0.621. The van der Waals surface area contributed by atoms with Crippen LogP contribution in [0.4, 0.5) is 0 Å². The number of carbonyl (C=O) groups excluding carboxylic acids is 1. The summed E-state index contributed by atoms with van der Waals surface area (Å²) in [5, 5.41) is 2.91. The molecule has 0 bridgehead atoms. The average molecular weight is 355 g/mol. The molecular weight excluding hydrogens is 324 g/mol. The number of benzene rings is 1. The molecule has 0 fully saturated rings. The van der Waals surface area contributed by atoms with Gasteiger partial charge in [0.1, 0.15) is 0 Å². The van der Waals surface area contributed by atoms with Gasteiger partial charge in [0.2, 0.25) is 15.9 Å². The Hall–Kier alpha value is -1.40. The summed E-state index contributed by atoms with van der Waals surface area (Å²) in [5.74, 6) is 0.0472. The first-order chi connectivity index (χ1) is 11.5. The highest BCUT2D eigenvalue weighted by atomic mass is 32.2. The highest BCUT2D eigenvalue weighted by molar-refractivity contribution is 7.89. The van der Waals surface area contributed by atoms with E-state index >= 15 is 0 Å². The molecule has 0 aliphatic rings. The van der Waals surface area contributed by atoms with Crippen LogP contribution in [0.3, 0.4) is 0 Å². The number of sulfonamides is 1. The topological polar surface area (TPSA) is 66.5 Å². The Morgan fingerprint density at radius 1 is 1.04 bits per heavy atom. The first-order valence-electron chi connectivity index (χ1n) is 8.81. The van der Waals surface area contributed by atoms with Gasteiger partial charge in [-0.15, -0.1) is 0 Å². The summed E-state index contributed by atoms with van der Waals surface area (Å²) in [4.78, 5) is 12.1. The molecule has 1 aromatic carbocycles. The summed E-state index contributed by atoms with van der Waals surface area (Å²) >= 11 is 0. The summed E-state index contributed by atoms with van der Waals surface area (Å²) in [6.07, 6.45) is 4.32. The maximum absolute atomic E-state index is 12.4. The van der Waals surface area contributed by atoms with Crippen molar-refractivity contribution in [2.75, 3.05) is 19.6 Å². The average Bonchev–Trinajstić information content (AvgIpc) is 2.58. The van der Waals surface area contributed by atoms with Crippen molar-refractivity contribution in [2.45, 2.75) is 57.8 Å². The fourth-order valence-corrected chi connectivity index (χ4v) is 3.95. The number of carbonyl (C=O) groups is 1. The van der Waals surface area contributed by atoms with E-state index in [0.29, 0.717) is 30.8 Å². The number of hydrogen-bond donors (Lipinski definition) is 1. The maximum Gasteiger partial charge on any atom is 0.243 e. The molecule has 0 atom stereocenters. The summed E-state index contributed by atoms with van der Waals surface area (Å²) < 4.78 is 26.2. The number of unbranched alkanes of at least 4 members (excludes halogenated alkanes) is 2. The zero-order valence-corrected chi connectivity index (χ0v) is 15.9. The van der Waals surface area contributed by atoms with Crippen LogP contribution in [0.2, 0.25) is 0 Å². The van der Waals surface area contributed by atoms with E-state index in [1.807, 2.05) is 13.8 Å². The largest absolute Gasteiger partial charge is 0.356 e. The van der Waals surface area contributed by atoms with Gasteiger partial charge >= 0.3 is 0 Å². The van der Waals surface area contributed by atoms with E-state index in [2.05, 4.69) is 12.2 Å². The molecule has 0 aliphatic carbocycles. The smallest absolute Gasteiger partial charge is 0.243 e. The van der Waals surface area contributed by atoms with Crippen LogP contribution in [0.1, 0.15) is 52.0 Å². The predicted molar refractivity (Wildman–Crippen MR) is 97.4 cm³/mol. The van der Waals surface area contributed by atoms with Crippen LogP contribution < -0.4 is 5.32 Å². The van der Waals surface area contributed by atoms with Crippen LogP contribution in [0.15, 0.2) is 29.2 Å². The van der Waals surface area contributed by atoms with Crippen molar-refractivity contribution in [3.63, 3.8) is 0 Å². The molecule has 24 heavy (non-hydrogen) atoms.